The summed E-state index contributed by atoms with van der Waals surface area (Å²) < 4.78 is 5.17. The molecular weight excluding hydrogens is 216 g/mol. The van der Waals surface area contributed by atoms with Gasteiger partial charge in [0.1, 0.15) is 11.3 Å². The molecule has 1 aliphatic rings. The summed E-state index contributed by atoms with van der Waals surface area (Å²) in [5.74, 6) is 0.396. The largest absolute Gasteiger partial charge is 0.496 e. The summed E-state index contributed by atoms with van der Waals surface area (Å²) in [6.45, 7) is 0. The fourth-order valence-electron chi connectivity index (χ4n) is 2.29. The van der Waals surface area contributed by atoms with Crippen molar-refractivity contribution >= 4 is 11.6 Å². The monoisotopic (exact) mass is 234 g/mol. The summed E-state index contributed by atoms with van der Waals surface area (Å²) in [6, 6.07) is 5.53. The summed E-state index contributed by atoms with van der Waals surface area (Å²) in [5, 5.41) is 3.01. The molecule has 0 unspecified atom stereocenters. The molecule has 0 aliphatic heterocycles. The highest BCUT2D eigenvalue weighted by atomic mass is 16.5. The van der Waals surface area contributed by atoms with Crippen molar-refractivity contribution in [2.24, 2.45) is 0 Å². The number of anilines is 1. The third kappa shape index (κ3) is 2.52. The number of nitrogen functional groups attached to an aromatic ring is 1. The van der Waals surface area contributed by atoms with Crippen LogP contribution in [0, 0.1) is 0 Å². The molecule has 4 nitrogen and oxygen atoms in total. The van der Waals surface area contributed by atoms with Crippen molar-refractivity contribution < 1.29 is 9.53 Å². The maximum absolute atomic E-state index is 12.1. The first-order valence-corrected chi connectivity index (χ1v) is 5.95. The van der Waals surface area contributed by atoms with Crippen LogP contribution in [0.2, 0.25) is 0 Å². The Balaban J connectivity index is 2.17. The average molecular weight is 234 g/mol. The van der Waals surface area contributed by atoms with Crippen LogP contribution in [0.15, 0.2) is 18.2 Å². The topological polar surface area (TPSA) is 64.3 Å². The number of ether oxygens (including phenoxy) is 1. The van der Waals surface area contributed by atoms with Gasteiger partial charge in [0.25, 0.3) is 5.91 Å². The van der Waals surface area contributed by atoms with Gasteiger partial charge in [-0.25, -0.2) is 0 Å². The van der Waals surface area contributed by atoms with Gasteiger partial charge in [-0.1, -0.05) is 18.9 Å². The predicted molar refractivity (Wildman–Crippen MR) is 67.1 cm³/mol. The van der Waals surface area contributed by atoms with Crippen LogP contribution >= 0.6 is 0 Å². The van der Waals surface area contributed by atoms with Gasteiger partial charge in [-0.15, -0.1) is 0 Å². The molecule has 2 rings (SSSR count). The van der Waals surface area contributed by atoms with Gasteiger partial charge in [-0.2, -0.15) is 0 Å². The number of nitrogens with two attached hydrogens (primary N) is 1. The molecule has 1 aromatic rings. The Kier molecular flexibility index (Phi) is 3.52. The van der Waals surface area contributed by atoms with E-state index in [1.54, 1.807) is 25.3 Å². The standard InChI is InChI=1S/C13H18N2O2/c1-17-11-8-4-7-10(14)12(11)13(16)15-9-5-2-3-6-9/h4,7-9H,2-3,5-6,14H2,1H3,(H,15,16). The molecule has 1 amide bonds. The fourth-order valence-corrected chi connectivity index (χ4v) is 2.29. The second kappa shape index (κ2) is 5.08. The minimum Gasteiger partial charge on any atom is -0.496 e. The molecule has 0 aromatic heterocycles. The van der Waals surface area contributed by atoms with E-state index in [0.717, 1.165) is 12.8 Å². The molecule has 0 atom stereocenters. The lowest BCUT2D eigenvalue weighted by atomic mass is 10.1. The first-order chi connectivity index (χ1) is 8.22. The van der Waals surface area contributed by atoms with Crippen molar-refractivity contribution in [1.29, 1.82) is 0 Å². The highest BCUT2D eigenvalue weighted by molar-refractivity contribution is 6.02. The molecule has 0 heterocycles. The summed E-state index contributed by atoms with van der Waals surface area (Å²) in [7, 11) is 1.54. The van der Waals surface area contributed by atoms with Crippen LogP contribution in [-0.4, -0.2) is 19.1 Å². The van der Waals surface area contributed by atoms with E-state index >= 15 is 0 Å². The molecular formula is C13H18N2O2. The maximum atomic E-state index is 12.1. The van der Waals surface area contributed by atoms with Gasteiger partial charge < -0.3 is 15.8 Å². The quantitative estimate of drug-likeness (QED) is 0.786. The van der Waals surface area contributed by atoms with Crippen molar-refractivity contribution in [3.05, 3.63) is 23.8 Å². The Morgan fingerprint density at radius 3 is 2.76 bits per heavy atom. The van der Waals surface area contributed by atoms with Gasteiger partial charge >= 0.3 is 0 Å². The summed E-state index contributed by atoms with van der Waals surface area (Å²) in [5.41, 5.74) is 6.74. The number of amides is 1. The summed E-state index contributed by atoms with van der Waals surface area (Å²) in [6.07, 6.45) is 4.49. The highest BCUT2D eigenvalue weighted by Crippen LogP contribution is 2.25. The number of hydrogen-bond acceptors (Lipinski definition) is 3. The lowest BCUT2D eigenvalue weighted by molar-refractivity contribution is 0.0936. The SMILES string of the molecule is COc1cccc(N)c1C(=O)NC1CCCC1. The Labute approximate surface area is 101 Å². The zero-order valence-corrected chi connectivity index (χ0v) is 10.0. The van der Waals surface area contributed by atoms with Gasteiger partial charge in [0.15, 0.2) is 0 Å². The molecule has 92 valence electrons. The van der Waals surface area contributed by atoms with Crippen molar-refractivity contribution in [2.45, 2.75) is 31.7 Å². The molecule has 4 heteroatoms. The van der Waals surface area contributed by atoms with Crippen LogP contribution < -0.4 is 15.8 Å². The molecule has 3 N–H and O–H groups in total. The fraction of sp³-hybridized carbons (Fsp3) is 0.462. The van der Waals surface area contributed by atoms with E-state index in [4.69, 9.17) is 10.5 Å². The summed E-state index contributed by atoms with van der Waals surface area (Å²) >= 11 is 0. The van der Waals surface area contributed by atoms with E-state index in [-0.39, 0.29) is 11.9 Å². The maximum Gasteiger partial charge on any atom is 0.257 e. The minimum absolute atomic E-state index is 0.133. The van der Waals surface area contributed by atoms with Gasteiger partial charge in [-0.3, -0.25) is 4.79 Å². The van der Waals surface area contributed by atoms with Crippen LogP contribution in [0.1, 0.15) is 36.0 Å². The second-order valence-corrected chi connectivity index (χ2v) is 4.38. The van der Waals surface area contributed by atoms with Crippen LogP contribution in [0.5, 0.6) is 5.75 Å². The van der Waals surface area contributed by atoms with Gasteiger partial charge in [0.05, 0.1) is 7.11 Å². The molecule has 1 aliphatic carbocycles. The zero-order valence-electron chi connectivity index (χ0n) is 10.0. The number of benzene rings is 1. The zero-order chi connectivity index (χ0) is 12.3. The normalized spacial score (nSPS) is 15.8. The second-order valence-electron chi connectivity index (χ2n) is 4.38. The van der Waals surface area contributed by atoms with Crippen molar-refractivity contribution in [3.63, 3.8) is 0 Å². The third-order valence-corrected chi connectivity index (χ3v) is 3.20. The Bertz CT molecular complexity index is 412. The Morgan fingerprint density at radius 2 is 2.12 bits per heavy atom. The number of rotatable bonds is 3. The molecule has 1 saturated carbocycles. The smallest absolute Gasteiger partial charge is 0.257 e. The number of carbonyl (C=O) groups is 1. The molecule has 0 spiro atoms. The lowest BCUT2D eigenvalue weighted by Gasteiger charge is -2.15. The third-order valence-electron chi connectivity index (χ3n) is 3.20. The Hall–Kier alpha value is -1.71. The molecule has 1 aromatic carbocycles. The van der Waals surface area contributed by atoms with Gasteiger partial charge in [-0.05, 0) is 25.0 Å². The molecule has 0 saturated heterocycles. The van der Waals surface area contributed by atoms with E-state index in [9.17, 15) is 4.79 Å². The minimum atomic E-state index is -0.133. The van der Waals surface area contributed by atoms with Crippen LogP contribution in [0.25, 0.3) is 0 Å². The van der Waals surface area contributed by atoms with Crippen LogP contribution in [-0.2, 0) is 0 Å². The van der Waals surface area contributed by atoms with Crippen LogP contribution in [0.4, 0.5) is 5.69 Å². The Morgan fingerprint density at radius 1 is 1.41 bits per heavy atom. The molecule has 0 radical (unpaired) electrons. The van der Waals surface area contributed by atoms with E-state index in [1.807, 2.05) is 0 Å². The van der Waals surface area contributed by atoms with Crippen molar-refractivity contribution in [1.82, 2.24) is 5.32 Å². The van der Waals surface area contributed by atoms with E-state index in [2.05, 4.69) is 5.32 Å². The summed E-state index contributed by atoms with van der Waals surface area (Å²) in [4.78, 5) is 12.1. The molecule has 0 bridgehead atoms. The predicted octanol–water partition coefficient (Wildman–Crippen LogP) is 1.95. The number of hydrogen-bond donors (Lipinski definition) is 2. The van der Waals surface area contributed by atoms with E-state index < -0.39 is 0 Å². The first-order valence-electron chi connectivity index (χ1n) is 5.95. The van der Waals surface area contributed by atoms with Crippen molar-refractivity contribution in [2.75, 3.05) is 12.8 Å². The average Bonchev–Trinajstić information content (AvgIpc) is 2.81. The lowest BCUT2D eigenvalue weighted by Crippen LogP contribution is -2.33. The van der Waals surface area contributed by atoms with E-state index in [0.29, 0.717) is 17.0 Å². The number of methoxy groups -OCH3 is 1. The van der Waals surface area contributed by atoms with Crippen molar-refractivity contribution in [3.8, 4) is 5.75 Å². The first kappa shape index (κ1) is 11.8. The molecule has 17 heavy (non-hydrogen) atoms. The number of nitrogens with one attached hydrogen (secondary N) is 1. The molecule has 1 fully saturated rings. The number of carbonyl (C=O) groups excluding carboxylic acids is 1. The van der Waals surface area contributed by atoms with Crippen LogP contribution in [0.3, 0.4) is 0 Å². The van der Waals surface area contributed by atoms with Gasteiger partial charge in [0, 0.05) is 11.7 Å². The highest BCUT2D eigenvalue weighted by Gasteiger charge is 2.21. The van der Waals surface area contributed by atoms with E-state index in [1.165, 1.54) is 12.8 Å². The van der Waals surface area contributed by atoms with Gasteiger partial charge in [0.2, 0.25) is 0 Å².